The standard InChI is InChI=1S/C18H16ClN3O3/c1-22-8-14-12(10-2-3-10)7-15(20-18(14)21-22)13-6-11(19)4-5-16(13)25-9-17(23)24/h4-8,10H,2-3,9H2,1H3,(H,23,24). The predicted octanol–water partition coefficient (Wildman–Crippen LogP) is 3.63. The summed E-state index contributed by atoms with van der Waals surface area (Å²) in [6.07, 6.45) is 4.30. The minimum atomic E-state index is -1.03. The largest absolute Gasteiger partial charge is 0.481 e. The van der Waals surface area contributed by atoms with Gasteiger partial charge < -0.3 is 9.84 Å². The summed E-state index contributed by atoms with van der Waals surface area (Å²) in [7, 11) is 1.87. The minimum absolute atomic E-state index is 0.421. The summed E-state index contributed by atoms with van der Waals surface area (Å²) < 4.78 is 7.17. The van der Waals surface area contributed by atoms with Crippen molar-refractivity contribution in [3.05, 3.63) is 41.0 Å². The topological polar surface area (TPSA) is 77.2 Å². The van der Waals surface area contributed by atoms with Gasteiger partial charge in [0.05, 0.1) is 5.69 Å². The van der Waals surface area contributed by atoms with E-state index < -0.39 is 12.6 Å². The number of halogens is 1. The van der Waals surface area contributed by atoms with Crippen LogP contribution < -0.4 is 4.74 Å². The van der Waals surface area contributed by atoms with E-state index in [1.807, 2.05) is 19.3 Å². The number of aromatic nitrogens is 3. The van der Waals surface area contributed by atoms with Crippen molar-refractivity contribution in [1.29, 1.82) is 0 Å². The monoisotopic (exact) mass is 357 g/mol. The fraction of sp³-hybridized carbons (Fsp3) is 0.278. The molecule has 2 aromatic heterocycles. The molecule has 4 rings (SSSR count). The molecule has 0 radical (unpaired) electrons. The van der Waals surface area contributed by atoms with Crippen molar-refractivity contribution in [2.45, 2.75) is 18.8 Å². The number of carboxylic acid groups (broad SMARTS) is 1. The summed E-state index contributed by atoms with van der Waals surface area (Å²) in [5.74, 6) is -0.0694. The number of carbonyl (C=O) groups is 1. The Kier molecular flexibility index (Phi) is 3.84. The molecule has 2 heterocycles. The molecule has 128 valence electrons. The SMILES string of the molecule is Cn1cc2c(C3CC3)cc(-c3cc(Cl)ccc3OCC(=O)O)nc2n1. The molecule has 1 N–H and O–H groups in total. The van der Waals surface area contributed by atoms with Gasteiger partial charge in [0.25, 0.3) is 0 Å². The molecule has 1 fully saturated rings. The van der Waals surface area contributed by atoms with Crippen LogP contribution in [0.1, 0.15) is 24.3 Å². The van der Waals surface area contributed by atoms with Gasteiger partial charge in [-0.2, -0.15) is 5.10 Å². The molecule has 0 amide bonds. The van der Waals surface area contributed by atoms with Crippen molar-refractivity contribution in [2.75, 3.05) is 6.61 Å². The molecule has 1 aromatic carbocycles. The van der Waals surface area contributed by atoms with Gasteiger partial charge in [0.15, 0.2) is 12.3 Å². The number of benzene rings is 1. The summed E-state index contributed by atoms with van der Waals surface area (Å²) in [5, 5.41) is 14.9. The number of rotatable bonds is 5. The molecule has 1 aliphatic carbocycles. The molecular weight excluding hydrogens is 342 g/mol. The first-order valence-corrected chi connectivity index (χ1v) is 8.38. The van der Waals surface area contributed by atoms with E-state index in [0.717, 1.165) is 18.2 Å². The molecule has 0 saturated heterocycles. The van der Waals surface area contributed by atoms with Gasteiger partial charge in [-0.05, 0) is 48.6 Å². The van der Waals surface area contributed by atoms with Crippen molar-refractivity contribution in [3.8, 4) is 17.0 Å². The van der Waals surface area contributed by atoms with E-state index in [-0.39, 0.29) is 0 Å². The lowest BCUT2D eigenvalue weighted by Crippen LogP contribution is -2.10. The second-order valence-electron chi connectivity index (χ2n) is 6.23. The number of aliphatic carboxylic acids is 1. The average Bonchev–Trinajstić information content (AvgIpc) is 3.33. The highest BCUT2D eigenvalue weighted by atomic mass is 35.5. The highest BCUT2D eigenvalue weighted by Gasteiger charge is 2.27. The molecular formula is C18H16ClN3O3. The van der Waals surface area contributed by atoms with Gasteiger partial charge in [-0.15, -0.1) is 0 Å². The Morgan fingerprint density at radius 1 is 1.40 bits per heavy atom. The van der Waals surface area contributed by atoms with Gasteiger partial charge in [-0.25, -0.2) is 9.78 Å². The Labute approximate surface area is 149 Å². The number of hydrogen-bond donors (Lipinski definition) is 1. The van der Waals surface area contributed by atoms with Crippen molar-refractivity contribution in [1.82, 2.24) is 14.8 Å². The maximum atomic E-state index is 10.8. The van der Waals surface area contributed by atoms with Crippen LogP contribution in [0.3, 0.4) is 0 Å². The van der Waals surface area contributed by atoms with Crippen LogP contribution in [-0.2, 0) is 11.8 Å². The first kappa shape index (κ1) is 15.9. The second-order valence-corrected chi connectivity index (χ2v) is 6.67. The molecule has 6 nitrogen and oxygen atoms in total. The summed E-state index contributed by atoms with van der Waals surface area (Å²) in [6, 6.07) is 7.12. The molecule has 1 aliphatic rings. The van der Waals surface area contributed by atoms with Gasteiger partial charge in [0.2, 0.25) is 0 Å². The number of hydrogen-bond acceptors (Lipinski definition) is 4. The smallest absolute Gasteiger partial charge is 0.341 e. The second kappa shape index (κ2) is 6.04. The lowest BCUT2D eigenvalue weighted by atomic mass is 10.0. The first-order chi connectivity index (χ1) is 12.0. The third kappa shape index (κ3) is 3.17. The van der Waals surface area contributed by atoms with Crippen LogP contribution >= 0.6 is 11.6 Å². The summed E-state index contributed by atoms with van der Waals surface area (Å²) in [4.78, 5) is 15.5. The van der Waals surface area contributed by atoms with E-state index in [4.69, 9.17) is 21.4 Å². The van der Waals surface area contributed by atoms with E-state index in [2.05, 4.69) is 10.1 Å². The normalized spacial score (nSPS) is 14.0. The van der Waals surface area contributed by atoms with Crippen LogP contribution in [0, 0.1) is 0 Å². The van der Waals surface area contributed by atoms with Gasteiger partial charge in [0.1, 0.15) is 5.75 Å². The third-order valence-electron chi connectivity index (χ3n) is 4.22. The third-order valence-corrected chi connectivity index (χ3v) is 4.46. The van der Waals surface area contributed by atoms with Crippen LogP contribution in [-0.4, -0.2) is 32.4 Å². The molecule has 0 spiro atoms. The van der Waals surface area contributed by atoms with Crippen LogP contribution in [0.15, 0.2) is 30.5 Å². The molecule has 25 heavy (non-hydrogen) atoms. The van der Waals surface area contributed by atoms with Gasteiger partial charge in [-0.3, -0.25) is 4.68 Å². The maximum Gasteiger partial charge on any atom is 0.341 e. The van der Waals surface area contributed by atoms with E-state index in [9.17, 15) is 4.79 Å². The molecule has 0 unspecified atom stereocenters. The Hall–Kier alpha value is -2.60. The van der Waals surface area contributed by atoms with Crippen LogP contribution in [0.25, 0.3) is 22.3 Å². The number of ether oxygens (including phenoxy) is 1. The fourth-order valence-corrected chi connectivity index (χ4v) is 3.14. The Bertz CT molecular complexity index is 979. The number of fused-ring (bicyclic) bond motifs is 1. The van der Waals surface area contributed by atoms with E-state index in [1.54, 1.807) is 22.9 Å². The summed E-state index contributed by atoms with van der Waals surface area (Å²) in [5.41, 5.74) is 3.25. The zero-order valence-electron chi connectivity index (χ0n) is 13.6. The van der Waals surface area contributed by atoms with Crippen LogP contribution in [0.5, 0.6) is 5.75 Å². The van der Waals surface area contributed by atoms with Gasteiger partial charge in [-0.1, -0.05) is 11.6 Å². The Morgan fingerprint density at radius 3 is 2.92 bits per heavy atom. The van der Waals surface area contributed by atoms with Crippen LogP contribution in [0.4, 0.5) is 0 Å². The highest BCUT2D eigenvalue weighted by molar-refractivity contribution is 6.31. The summed E-state index contributed by atoms with van der Waals surface area (Å²) >= 11 is 6.15. The Balaban J connectivity index is 1.86. The van der Waals surface area contributed by atoms with Crippen LogP contribution in [0.2, 0.25) is 5.02 Å². The number of aryl methyl sites for hydroxylation is 1. The van der Waals surface area contributed by atoms with Gasteiger partial charge in [0, 0.05) is 29.2 Å². The van der Waals surface area contributed by atoms with Gasteiger partial charge >= 0.3 is 5.97 Å². The Morgan fingerprint density at radius 2 is 2.20 bits per heavy atom. The molecule has 0 aliphatic heterocycles. The molecule has 0 bridgehead atoms. The number of pyridine rings is 1. The lowest BCUT2D eigenvalue weighted by molar-refractivity contribution is -0.139. The van der Waals surface area contributed by atoms with E-state index in [0.29, 0.717) is 33.6 Å². The molecule has 3 aromatic rings. The number of carboxylic acids is 1. The van der Waals surface area contributed by atoms with E-state index >= 15 is 0 Å². The zero-order chi connectivity index (χ0) is 17.6. The highest BCUT2D eigenvalue weighted by Crippen LogP contribution is 2.44. The van der Waals surface area contributed by atoms with Crippen molar-refractivity contribution in [3.63, 3.8) is 0 Å². The van der Waals surface area contributed by atoms with E-state index in [1.165, 1.54) is 5.56 Å². The maximum absolute atomic E-state index is 10.8. The van der Waals surface area contributed by atoms with Crippen molar-refractivity contribution < 1.29 is 14.6 Å². The molecule has 1 saturated carbocycles. The molecule has 0 atom stereocenters. The molecule has 7 heteroatoms. The number of nitrogens with zero attached hydrogens (tertiary/aromatic N) is 3. The first-order valence-electron chi connectivity index (χ1n) is 8.00. The lowest BCUT2D eigenvalue weighted by Gasteiger charge is -2.11. The average molecular weight is 358 g/mol. The quantitative estimate of drug-likeness (QED) is 0.754. The van der Waals surface area contributed by atoms with Crippen molar-refractivity contribution in [2.24, 2.45) is 7.05 Å². The predicted molar refractivity (Wildman–Crippen MR) is 94.1 cm³/mol. The zero-order valence-corrected chi connectivity index (χ0v) is 14.3. The minimum Gasteiger partial charge on any atom is -0.481 e. The fourth-order valence-electron chi connectivity index (χ4n) is 2.97. The van der Waals surface area contributed by atoms with Crippen molar-refractivity contribution >= 4 is 28.6 Å². The summed E-state index contributed by atoms with van der Waals surface area (Å²) in [6.45, 7) is -0.421.